The summed E-state index contributed by atoms with van der Waals surface area (Å²) in [7, 11) is 1.43. The van der Waals surface area contributed by atoms with E-state index in [4.69, 9.17) is 10.5 Å². The van der Waals surface area contributed by atoms with Gasteiger partial charge in [0.1, 0.15) is 0 Å². The van der Waals surface area contributed by atoms with Crippen molar-refractivity contribution in [2.45, 2.75) is 46.6 Å². The molecule has 0 radical (unpaired) electrons. The summed E-state index contributed by atoms with van der Waals surface area (Å²) in [5, 5.41) is 0. The van der Waals surface area contributed by atoms with Crippen LogP contribution in [0.4, 0.5) is 25.0 Å². The molecule has 1 aromatic rings. The first-order valence-corrected chi connectivity index (χ1v) is 10.5. The molecule has 3 rings (SSSR count). The number of piperidine rings is 2. The SMILES string of the molecule is COC(=O)N1CCC2(CCN(c3ccc(N)c(OC(F)F)c3)CC2)C(C(C)(C)C)C1. The first-order chi connectivity index (χ1) is 14.1. The molecule has 2 aliphatic heterocycles. The van der Waals surface area contributed by atoms with Crippen molar-refractivity contribution in [3.05, 3.63) is 18.2 Å². The zero-order valence-corrected chi connectivity index (χ0v) is 18.3. The van der Waals surface area contributed by atoms with Crippen molar-refractivity contribution in [2.24, 2.45) is 16.7 Å². The fourth-order valence-electron chi connectivity index (χ4n) is 5.25. The first-order valence-electron chi connectivity index (χ1n) is 10.5. The van der Waals surface area contributed by atoms with Gasteiger partial charge in [0.25, 0.3) is 0 Å². The summed E-state index contributed by atoms with van der Waals surface area (Å²) in [4.78, 5) is 16.1. The van der Waals surface area contributed by atoms with E-state index in [0.717, 1.165) is 38.0 Å². The van der Waals surface area contributed by atoms with E-state index in [0.29, 0.717) is 19.0 Å². The smallest absolute Gasteiger partial charge is 0.409 e. The highest BCUT2D eigenvalue weighted by Crippen LogP contribution is 2.52. The Morgan fingerprint density at radius 1 is 1.20 bits per heavy atom. The van der Waals surface area contributed by atoms with Crippen molar-refractivity contribution in [3.63, 3.8) is 0 Å². The van der Waals surface area contributed by atoms with Gasteiger partial charge in [0, 0.05) is 37.9 Å². The number of nitrogens with zero attached hydrogens (tertiary/aromatic N) is 2. The predicted molar refractivity (Wildman–Crippen MR) is 113 cm³/mol. The molecule has 168 valence electrons. The van der Waals surface area contributed by atoms with Gasteiger partial charge in [0.15, 0.2) is 5.75 Å². The fraction of sp³-hybridized carbons (Fsp3) is 0.682. The normalized spacial score (nSPS) is 21.8. The van der Waals surface area contributed by atoms with Gasteiger partial charge in [-0.3, -0.25) is 0 Å². The quantitative estimate of drug-likeness (QED) is 0.718. The van der Waals surface area contributed by atoms with Crippen molar-refractivity contribution < 1.29 is 23.0 Å². The van der Waals surface area contributed by atoms with Crippen LogP contribution in [0.15, 0.2) is 18.2 Å². The monoisotopic (exact) mass is 425 g/mol. The molecule has 1 amide bonds. The van der Waals surface area contributed by atoms with Crippen molar-refractivity contribution in [2.75, 3.05) is 43.9 Å². The third kappa shape index (κ3) is 4.57. The van der Waals surface area contributed by atoms with E-state index in [1.54, 1.807) is 12.1 Å². The molecule has 0 bridgehead atoms. The Morgan fingerprint density at radius 3 is 2.40 bits per heavy atom. The van der Waals surface area contributed by atoms with Gasteiger partial charge < -0.3 is 25.0 Å². The fourth-order valence-corrected chi connectivity index (χ4v) is 5.25. The van der Waals surface area contributed by atoms with Crippen molar-refractivity contribution >= 4 is 17.5 Å². The molecular weight excluding hydrogens is 392 g/mol. The number of nitrogen functional groups attached to an aromatic ring is 1. The number of hydrogen-bond acceptors (Lipinski definition) is 5. The highest BCUT2D eigenvalue weighted by molar-refractivity contribution is 5.67. The van der Waals surface area contributed by atoms with Crippen LogP contribution in [0, 0.1) is 16.7 Å². The minimum absolute atomic E-state index is 0.0155. The molecule has 2 aliphatic rings. The zero-order valence-electron chi connectivity index (χ0n) is 18.3. The standard InChI is InChI=1S/C22H33F2N3O3/c1-21(2,3)18-14-27(20(28)29-4)12-9-22(18)7-10-26(11-8-22)15-5-6-16(25)17(13-15)30-19(23)24/h5-6,13,18-19H,7-12,14,25H2,1-4H3. The maximum Gasteiger partial charge on any atom is 0.409 e. The number of nitrogens with two attached hydrogens (primary N) is 1. The summed E-state index contributed by atoms with van der Waals surface area (Å²) in [5.74, 6) is 0.367. The molecule has 0 aliphatic carbocycles. The van der Waals surface area contributed by atoms with Gasteiger partial charge in [-0.25, -0.2) is 4.79 Å². The molecule has 2 saturated heterocycles. The Kier molecular flexibility index (Phi) is 6.34. The van der Waals surface area contributed by atoms with Gasteiger partial charge in [-0.15, -0.1) is 0 Å². The molecule has 1 aromatic carbocycles. The van der Waals surface area contributed by atoms with Crippen LogP contribution in [0.1, 0.15) is 40.0 Å². The minimum Gasteiger partial charge on any atom is -0.453 e. The van der Waals surface area contributed by atoms with Crippen molar-refractivity contribution in [3.8, 4) is 5.75 Å². The molecule has 1 unspecified atom stereocenters. The molecule has 2 N–H and O–H groups in total. The lowest BCUT2D eigenvalue weighted by atomic mass is 9.57. The summed E-state index contributed by atoms with van der Waals surface area (Å²) >= 11 is 0. The van der Waals surface area contributed by atoms with Gasteiger partial charge in [-0.05, 0) is 48.1 Å². The third-order valence-electron chi connectivity index (χ3n) is 6.84. The highest BCUT2D eigenvalue weighted by atomic mass is 19.3. The molecule has 8 heteroatoms. The number of rotatable bonds is 3. The summed E-state index contributed by atoms with van der Waals surface area (Å²) < 4.78 is 34.8. The Morgan fingerprint density at radius 2 is 1.83 bits per heavy atom. The van der Waals surface area contributed by atoms with E-state index in [9.17, 15) is 13.6 Å². The number of likely N-dealkylation sites (tertiary alicyclic amines) is 1. The molecule has 0 aromatic heterocycles. The van der Waals surface area contributed by atoms with E-state index >= 15 is 0 Å². The summed E-state index contributed by atoms with van der Waals surface area (Å²) in [6.07, 6.45) is 2.66. The molecule has 0 saturated carbocycles. The Hall–Kier alpha value is -2.25. The molecule has 2 fully saturated rings. The largest absolute Gasteiger partial charge is 0.453 e. The van der Waals surface area contributed by atoms with Crippen LogP contribution in [0.25, 0.3) is 0 Å². The average Bonchev–Trinajstić information content (AvgIpc) is 2.69. The van der Waals surface area contributed by atoms with Gasteiger partial charge in [-0.1, -0.05) is 20.8 Å². The van der Waals surface area contributed by atoms with Crippen LogP contribution in [0.5, 0.6) is 5.75 Å². The molecular formula is C22H33F2N3O3. The van der Waals surface area contributed by atoms with Crippen LogP contribution >= 0.6 is 0 Å². The molecule has 1 spiro atoms. The highest BCUT2D eigenvalue weighted by Gasteiger charge is 2.50. The number of methoxy groups -OCH3 is 1. The predicted octanol–water partition coefficient (Wildman–Crippen LogP) is 4.59. The zero-order chi connectivity index (χ0) is 22.1. The van der Waals surface area contributed by atoms with Gasteiger partial charge >= 0.3 is 12.7 Å². The minimum atomic E-state index is -2.90. The van der Waals surface area contributed by atoms with E-state index < -0.39 is 6.61 Å². The van der Waals surface area contributed by atoms with E-state index in [-0.39, 0.29) is 28.4 Å². The number of halogens is 2. The number of alkyl halides is 2. The topological polar surface area (TPSA) is 68.0 Å². The summed E-state index contributed by atoms with van der Waals surface area (Å²) in [6, 6.07) is 5.07. The Labute approximate surface area is 177 Å². The van der Waals surface area contributed by atoms with Crippen molar-refractivity contribution in [1.29, 1.82) is 0 Å². The van der Waals surface area contributed by atoms with E-state index in [1.807, 2.05) is 11.0 Å². The second kappa shape index (κ2) is 8.47. The molecule has 2 heterocycles. The lowest BCUT2D eigenvalue weighted by molar-refractivity contribution is -0.0493. The lowest BCUT2D eigenvalue weighted by Crippen LogP contribution is -2.57. The number of carbonyl (C=O) groups excluding carboxylic acids is 1. The third-order valence-corrected chi connectivity index (χ3v) is 6.84. The maximum absolute atomic E-state index is 12.7. The van der Waals surface area contributed by atoms with Gasteiger partial charge in [0.2, 0.25) is 0 Å². The molecule has 30 heavy (non-hydrogen) atoms. The second-order valence-electron chi connectivity index (χ2n) is 9.53. The lowest BCUT2D eigenvalue weighted by Gasteiger charge is -2.56. The van der Waals surface area contributed by atoms with Crippen LogP contribution in [-0.4, -0.2) is 50.9 Å². The van der Waals surface area contributed by atoms with Crippen LogP contribution in [0.2, 0.25) is 0 Å². The number of benzene rings is 1. The second-order valence-corrected chi connectivity index (χ2v) is 9.53. The van der Waals surface area contributed by atoms with Crippen LogP contribution in [0.3, 0.4) is 0 Å². The molecule has 1 atom stereocenters. The average molecular weight is 426 g/mol. The number of carbonyl (C=O) groups is 1. The number of anilines is 2. The molecule has 6 nitrogen and oxygen atoms in total. The summed E-state index contributed by atoms with van der Waals surface area (Å²) in [5.41, 5.74) is 7.02. The number of ether oxygens (including phenoxy) is 2. The Balaban J connectivity index is 1.75. The number of hydrogen-bond donors (Lipinski definition) is 1. The Bertz CT molecular complexity index is 758. The van der Waals surface area contributed by atoms with Crippen molar-refractivity contribution in [1.82, 2.24) is 4.90 Å². The van der Waals surface area contributed by atoms with Gasteiger partial charge in [-0.2, -0.15) is 8.78 Å². The van der Waals surface area contributed by atoms with Crippen LogP contribution in [-0.2, 0) is 4.74 Å². The van der Waals surface area contributed by atoms with E-state index in [1.165, 1.54) is 7.11 Å². The van der Waals surface area contributed by atoms with Gasteiger partial charge in [0.05, 0.1) is 12.8 Å². The number of amides is 1. The van der Waals surface area contributed by atoms with Crippen LogP contribution < -0.4 is 15.4 Å². The van der Waals surface area contributed by atoms with E-state index in [2.05, 4.69) is 30.4 Å². The summed E-state index contributed by atoms with van der Waals surface area (Å²) in [6.45, 7) is 6.85. The first kappa shape index (κ1) is 22.4. The maximum atomic E-state index is 12.7.